The van der Waals surface area contributed by atoms with Crippen LogP contribution < -0.4 is 15.1 Å². The maximum Gasteiger partial charge on any atom is 0.230 e. The topological polar surface area (TPSA) is 66.9 Å². The highest BCUT2D eigenvalue weighted by molar-refractivity contribution is 6.00. The zero-order valence-corrected chi connectivity index (χ0v) is 20.5. The van der Waals surface area contributed by atoms with Crippen molar-refractivity contribution in [2.24, 2.45) is 17.8 Å². The fourth-order valence-corrected chi connectivity index (χ4v) is 6.37. The number of carbonyl (C=O) groups is 1. The minimum absolute atomic E-state index is 0.0872. The molecule has 2 aromatic rings. The third-order valence-corrected chi connectivity index (χ3v) is 8.44. The molecule has 4 heterocycles. The van der Waals surface area contributed by atoms with Crippen molar-refractivity contribution in [2.45, 2.75) is 45.1 Å². The molecule has 6 rings (SSSR count). The normalized spacial score (nSPS) is 25.3. The maximum absolute atomic E-state index is 14.1. The lowest BCUT2D eigenvalue weighted by Crippen LogP contribution is -2.39. The van der Waals surface area contributed by atoms with Crippen molar-refractivity contribution in [3.05, 3.63) is 42.1 Å². The zero-order chi connectivity index (χ0) is 23.6. The van der Waals surface area contributed by atoms with E-state index in [9.17, 15) is 4.79 Å². The Labute approximate surface area is 207 Å². The second-order valence-corrected chi connectivity index (χ2v) is 10.4. The van der Waals surface area contributed by atoms with Gasteiger partial charge >= 0.3 is 0 Å². The van der Waals surface area contributed by atoms with Crippen LogP contribution in [0, 0.1) is 17.8 Å². The van der Waals surface area contributed by atoms with E-state index in [1.165, 1.54) is 12.8 Å². The van der Waals surface area contributed by atoms with Gasteiger partial charge in [-0.25, -0.2) is 4.98 Å². The second-order valence-electron chi connectivity index (χ2n) is 10.4. The van der Waals surface area contributed by atoms with Crippen molar-refractivity contribution in [1.29, 1.82) is 0 Å². The highest BCUT2D eigenvalue weighted by atomic mass is 16.5. The second kappa shape index (κ2) is 10.2. The number of anilines is 4. The number of amides is 1. The average molecular weight is 477 g/mol. The quantitative estimate of drug-likeness (QED) is 0.690. The van der Waals surface area contributed by atoms with Gasteiger partial charge in [0.2, 0.25) is 5.91 Å². The van der Waals surface area contributed by atoms with Crippen molar-refractivity contribution in [3.8, 4) is 0 Å². The molecule has 4 aliphatic rings. The fourth-order valence-electron chi connectivity index (χ4n) is 6.37. The molecule has 0 unspecified atom stereocenters. The van der Waals surface area contributed by atoms with Crippen molar-refractivity contribution < 1.29 is 14.3 Å². The Bertz CT molecular complexity index is 1040. The summed E-state index contributed by atoms with van der Waals surface area (Å²) in [5, 5.41) is 3.51. The number of fused-ring (bicyclic) bond motifs is 2. The molecule has 3 aliphatic heterocycles. The molecule has 1 saturated carbocycles. The summed E-state index contributed by atoms with van der Waals surface area (Å²) in [5.74, 6) is 2.71. The summed E-state index contributed by atoms with van der Waals surface area (Å²) >= 11 is 0. The van der Waals surface area contributed by atoms with E-state index < -0.39 is 0 Å². The SMILES string of the molecule is O=C(C1CCC(C2CCOCC2)CC1)N1Cc2cccnc2Nc2ccc(N3CCOCC3)cc21. The molecule has 1 aliphatic carbocycles. The highest BCUT2D eigenvalue weighted by Crippen LogP contribution is 2.42. The van der Waals surface area contributed by atoms with E-state index in [0.717, 1.165) is 105 Å². The van der Waals surface area contributed by atoms with E-state index >= 15 is 0 Å². The van der Waals surface area contributed by atoms with Crippen molar-refractivity contribution in [3.63, 3.8) is 0 Å². The summed E-state index contributed by atoms with van der Waals surface area (Å²) in [5.41, 5.74) is 4.11. The summed E-state index contributed by atoms with van der Waals surface area (Å²) in [6.07, 6.45) is 8.47. The maximum atomic E-state index is 14.1. The first kappa shape index (κ1) is 22.8. The molecule has 2 saturated heterocycles. The summed E-state index contributed by atoms with van der Waals surface area (Å²) in [7, 11) is 0. The molecule has 0 bridgehead atoms. The van der Waals surface area contributed by atoms with Crippen LogP contribution in [0.15, 0.2) is 36.5 Å². The van der Waals surface area contributed by atoms with Gasteiger partial charge in [-0.2, -0.15) is 0 Å². The van der Waals surface area contributed by atoms with Gasteiger partial charge in [-0.05, 0) is 74.6 Å². The van der Waals surface area contributed by atoms with Gasteiger partial charge in [-0.3, -0.25) is 4.79 Å². The van der Waals surface area contributed by atoms with Gasteiger partial charge in [-0.1, -0.05) is 6.07 Å². The van der Waals surface area contributed by atoms with Crippen LogP contribution >= 0.6 is 0 Å². The largest absolute Gasteiger partial charge is 0.381 e. The minimum Gasteiger partial charge on any atom is -0.381 e. The van der Waals surface area contributed by atoms with Gasteiger partial charge in [0.05, 0.1) is 31.1 Å². The Morgan fingerprint density at radius 3 is 2.46 bits per heavy atom. The van der Waals surface area contributed by atoms with Gasteiger partial charge in [0.15, 0.2) is 0 Å². The van der Waals surface area contributed by atoms with Gasteiger partial charge in [0.25, 0.3) is 0 Å². The first-order valence-corrected chi connectivity index (χ1v) is 13.3. The zero-order valence-electron chi connectivity index (χ0n) is 20.5. The van der Waals surface area contributed by atoms with E-state index in [1.54, 1.807) is 0 Å². The van der Waals surface area contributed by atoms with Crippen molar-refractivity contribution in [2.75, 3.05) is 54.6 Å². The third-order valence-electron chi connectivity index (χ3n) is 8.44. The average Bonchev–Trinajstić information content (AvgIpc) is 3.10. The van der Waals surface area contributed by atoms with E-state index in [0.29, 0.717) is 6.54 Å². The number of rotatable bonds is 3. The minimum atomic E-state index is 0.0872. The molecule has 0 spiro atoms. The Kier molecular flexibility index (Phi) is 6.61. The number of hydrogen-bond acceptors (Lipinski definition) is 6. The summed E-state index contributed by atoms with van der Waals surface area (Å²) in [6.45, 7) is 5.58. The number of pyridine rings is 1. The predicted molar refractivity (Wildman–Crippen MR) is 137 cm³/mol. The molecular weight excluding hydrogens is 440 g/mol. The molecule has 3 fully saturated rings. The number of nitrogens with one attached hydrogen (secondary N) is 1. The van der Waals surface area contributed by atoms with Gasteiger partial charge < -0.3 is 24.6 Å². The molecule has 1 amide bonds. The van der Waals surface area contributed by atoms with Crippen LogP contribution in [0.2, 0.25) is 0 Å². The molecule has 1 N–H and O–H groups in total. The van der Waals surface area contributed by atoms with Crippen molar-refractivity contribution in [1.82, 2.24) is 4.98 Å². The Balaban J connectivity index is 1.26. The van der Waals surface area contributed by atoms with E-state index in [-0.39, 0.29) is 11.8 Å². The van der Waals surface area contributed by atoms with Crippen LogP contribution in [0.25, 0.3) is 0 Å². The number of aromatic nitrogens is 1. The number of ether oxygens (including phenoxy) is 2. The lowest BCUT2D eigenvalue weighted by molar-refractivity contribution is -0.124. The number of carbonyl (C=O) groups excluding carboxylic acids is 1. The van der Waals surface area contributed by atoms with Crippen LogP contribution in [0.4, 0.5) is 22.9 Å². The summed E-state index contributed by atoms with van der Waals surface area (Å²) < 4.78 is 11.1. The number of benzene rings is 1. The first-order chi connectivity index (χ1) is 17.3. The van der Waals surface area contributed by atoms with Gasteiger partial charge in [-0.15, -0.1) is 0 Å². The summed E-state index contributed by atoms with van der Waals surface area (Å²) in [4.78, 5) is 23.0. The Morgan fingerprint density at radius 1 is 0.914 bits per heavy atom. The van der Waals surface area contributed by atoms with Crippen LogP contribution in [0.5, 0.6) is 0 Å². The first-order valence-electron chi connectivity index (χ1n) is 13.3. The lowest BCUT2D eigenvalue weighted by atomic mass is 9.73. The van der Waals surface area contributed by atoms with Crippen LogP contribution in [0.3, 0.4) is 0 Å². The number of nitrogens with zero attached hydrogens (tertiary/aromatic N) is 3. The molecule has 1 aromatic heterocycles. The molecule has 0 atom stereocenters. The fraction of sp³-hybridized carbons (Fsp3) is 0.571. The number of morpholine rings is 1. The van der Waals surface area contributed by atoms with Crippen LogP contribution in [0.1, 0.15) is 44.1 Å². The van der Waals surface area contributed by atoms with Gasteiger partial charge in [0.1, 0.15) is 5.82 Å². The predicted octanol–water partition coefficient (Wildman–Crippen LogP) is 4.74. The van der Waals surface area contributed by atoms with E-state index in [4.69, 9.17) is 9.47 Å². The van der Waals surface area contributed by atoms with Crippen LogP contribution in [-0.2, 0) is 20.8 Å². The lowest BCUT2D eigenvalue weighted by Gasteiger charge is -2.37. The molecule has 7 nitrogen and oxygen atoms in total. The Morgan fingerprint density at radius 2 is 1.66 bits per heavy atom. The van der Waals surface area contributed by atoms with E-state index in [2.05, 4.69) is 39.5 Å². The summed E-state index contributed by atoms with van der Waals surface area (Å²) in [6, 6.07) is 10.5. The molecule has 35 heavy (non-hydrogen) atoms. The third kappa shape index (κ3) is 4.76. The van der Waals surface area contributed by atoms with Crippen LogP contribution in [-0.4, -0.2) is 50.4 Å². The number of hydrogen-bond donors (Lipinski definition) is 1. The molecule has 0 radical (unpaired) electrons. The highest BCUT2D eigenvalue weighted by Gasteiger charge is 2.35. The standard InChI is InChI=1S/C28H36N4O3/c33-28(22-5-3-20(4-6-22)21-9-14-34-15-10-21)32-19-23-2-1-11-29-27(23)30-25-8-7-24(18-26(25)32)31-12-16-35-17-13-31/h1-2,7-8,11,18,20-22H,3-6,9-10,12-17,19H2,(H,29,30). The molecule has 1 aromatic carbocycles. The molecular formula is C28H36N4O3. The van der Waals surface area contributed by atoms with Crippen molar-refractivity contribution >= 4 is 28.8 Å². The monoisotopic (exact) mass is 476 g/mol. The Hall–Kier alpha value is -2.64. The molecule has 186 valence electrons. The van der Waals surface area contributed by atoms with E-state index in [1.807, 2.05) is 17.2 Å². The molecule has 7 heteroatoms. The van der Waals surface area contributed by atoms with Gasteiger partial charge in [0, 0.05) is 49.7 Å². The smallest absolute Gasteiger partial charge is 0.230 e.